The number of esters is 1. The number of likely N-dealkylation sites (N-methyl/N-ethyl adjacent to an activating group) is 1. The number of benzene rings is 1. The maximum Gasteiger partial charge on any atom is 0.310 e. The molecule has 28 heavy (non-hydrogen) atoms. The summed E-state index contributed by atoms with van der Waals surface area (Å²) < 4.78 is 15.7. The molecule has 1 atom stereocenters. The number of ether oxygens (including phenoxy) is 3. The lowest BCUT2D eigenvalue weighted by atomic mass is 9.98. The molecule has 0 aromatic heterocycles. The average molecular weight is 392 g/mol. The summed E-state index contributed by atoms with van der Waals surface area (Å²) >= 11 is 0. The number of rotatable bonds is 9. The fraction of sp³-hybridized carbons (Fsp3) is 0.619. The van der Waals surface area contributed by atoms with E-state index in [2.05, 4.69) is 0 Å². The minimum Gasteiger partial charge on any atom is -0.493 e. The van der Waals surface area contributed by atoms with Crippen LogP contribution in [0.5, 0.6) is 11.5 Å². The predicted molar refractivity (Wildman–Crippen MR) is 107 cm³/mol. The van der Waals surface area contributed by atoms with Crippen molar-refractivity contribution in [1.29, 1.82) is 0 Å². The Morgan fingerprint density at radius 3 is 2.64 bits per heavy atom. The smallest absolute Gasteiger partial charge is 0.310 e. The molecule has 0 spiro atoms. The van der Waals surface area contributed by atoms with E-state index in [0.717, 1.165) is 31.4 Å². The highest BCUT2D eigenvalue weighted by Gasteiger charge is 2.29. The van der Waals surface area contributed by atoms with Crippen LogP contribution in [0.4, 0.5) is 0 Å². The van der Waals surface area contributed by atoms with Crippen LogP contribution >= 0.6 is 0 Å². The van der Waals surface area contributed by atoms with Crippen molar-refractivity contribution in [1.82, 2.24) is 9.80 Å². The molecule has 1 unspecified atom stereocenters. The Morgan fingerprint density at radius 2 is 1.96 bits per heavy atom. The fourth-order valence-corrected chi connectivity index (χ4v) is 3.42. The first-order chi connectivity index (χ1) is 13.5. The van der Waals surface area contributed by atoms with Gasteiger partial charge >= 0.3 is 5.97 Å². The quantitative estimate of drug-likeness (QED) is 0.599. The second-order valence-corrected chi connectivity index (χ2v) is 7.11. The predicted octanol–water partition coefficient (Wildman–Crippen LogP) is 1.98. The van der Waals surface area contributed by atoms with Gasteiger partial charge in [-0.2, -0.15) is 0 Å². The highest BCUT2D eigenvalue weighted by atomic mass is 16.5. The van der Waals surface area contributed by atoms with Gasteiger partial charge in [0.05, 0.1) is 33.3 Å². The highest BCUT2D eigenvalue weighted by molar-refractivity contribution is 5.80. The van der Waals surface area contributed by atoms with Crippen LogP contribution < -0.4 is 9.47 Å². The molecule has 7 heteroatoms. The van der Waals surface area contributed by atoms with Crippen molar-refractivity contribution in [2.24, 2.45) is 5.92 Å². The molecule has 1 aromatic rings. The van der Waals surface area contributed by atoms with E-state index < -0.39 is 0 Å². The van der Waals surface area contributed by atoms with Gasteiger partial charge < -0.3 is 19.1 Å². The molecule has 1 aliphatic rings. The molecule has 1 amide bonds. The second kappa shape index (κ2) is 10.9. The second-order valence-electron chi connectivity index (χ2n) is 7.11. The zero-order valence-corrected chi connectivity index (χ0v) is 17.4. The van der Waals surface area contributed by atoms with Gasteiger partial charge in [-0.15, -0.1) is 0 Å². The lowest BCUT2D eigenvalue weighted by Gasteiger charge is -2.32. The van der Waals surface area contributed by atoms with E-state index in [4.69, 9.17) is 14.2 Å². The Balaban J connectivity index is 1.83. The van der Waals surface area contributed by atoms with Crippen molar-refractivity contribution in [2.45, 2.75) is 26.2 Å². The number of likely N-dealkylation sites (tertiary alicyclic amines) is 1. The summed E-state index contributed by atoms with van der Waals surface area (Å²) in [6.45, 7) is 4.43. The number of nitrogens with zero attached hydrogens (tertiary/aromatic N) is 2. The standard InChI is InChI=1S/C21H32N2O5/c1-5-28-21(25)17-7-6-11-23(14-17)20(24)15-22(2)12-10-16-8-9-18(26-3)19(13-16)27-4/h8-9,13,17H,5-7,10-12,14-15H2,1-4H3. The van der Waals surface area contributed by atoms with Crippen LogP contribution in [0, 0.1) is 5.92 Å². The van der Waals surface area contributed by atoms with Gasteiger partial charge in [-0.3, -0.25) is 14.5 Å². The summed E-state index contributed by atoms with van der Waals surface area (Å²) in [4.78, 5) is 28.4. The Bertz CT molecular complexity index is 664. The van der Waals surface area contributed by atoms with Crippen LogP contribution in [-0.2, 0) is 20.7 Å². The van der Waals surface area contributed by atoms with Crippen molar-refractivity contribution in [3.63, 3.8) is 0 Å². The average Bonchev–Trinajstić information content (AvgIpc) is 2.72. The normalized spacial score (nSPS) is 16.8. The number of hydrogen-bond donors (Lipinski definition) is 0. The van der Waals surface area contributed by atoms with Crippen LogP contribution in [0.25, 0.3) is 0 Å². The molecular weight excluding hydrogens is 360 g/mol. The van der Waals surface area contributed by atoms with Gasteiger partial charge in [-0.05, 0) is 50.9 Å². The van der Waals surface area contributed by atoms with Gasteiger partial charge in [-0.25, -0.2) is 0 Å². The van der Waals surface area contributed by atoms with Crippen molar-refractivity contribution in [2.75, 3.05) is 54.1 Å². The van der Waals surface area contributed by atoms with E-state index >= 15 is 0 Å². The summed E-state index contributed by atoms with van der Waals surface area (Å²) in [6, 6.07) is 5.86. The molecule has 7 nitrogen and oxygen atoms in total. The summed E-state index contributed by atoms with van der Waals surface area (Å²) in [7, 11) is 5.17. The third kappa shape index (κ3) is 6.12. The number of carbonyl (C=O) groups is 2. The lowest BCUT2D eigenvalue weighted by molar-refractivity contribution is -0.151. The van der Waals surface area contributed by atoms with Gasteiger partial charge in [0.1, 0.15) is 0 Å². The van der Waals surface area contributed by atoms with Crippen molar-refractivity contribution >= 4 is 11.9 Å². The number of methoxy groups -OCH3 is 2. The largest absolute Gasteiger partial charge is 0.493 e. The molecule has 1 aliphatic heterocycles. The third-order valence-electron chi connectivity index (χ3n) is 5.03. The minimum atomic E-state index is -0.199. The Morgan fingerprint density at radius 1 is 1.21 bits per heavy atom. The van der Waals surface area contributed by atoms with Crippen molar-refractivity contribution < 1.29 is 23.8 Å². The Kier molecular flexibility index (Phi) is 8.57. The molecule has 0 saturated carbocycles. The minimum absolute atomic E-state index is 0.0591. The van der Waals surface area contributed by atoms with E-state index in [9.17, 15) is 9.59 Å². The topological polar surface area (TPSA) is 68.3 Å². The summed E-state index contributed by atoms with van der Waals surface area (Å²) in [5.41, 5.74) is 1.12. The van der Waals surface area contributed by atoms with E-state index in [1.54, 1.807) is 26.0 Å². The summed E-state index contributed by atoms with van der Waals surface area (Å²) in [6.07, 6.45) is 2.43. The molecule has 1 fully saturated rings. The number of carbonyl (C=O) groups excluding carboxylic acids is 2. The van der Waals surface area contributed by atoms with Crippen molar-refractivity contribution in [3.05, 3.63) is 23.8 Å². The number of hydrogen-bond acceptors (Lipinski definition) is 6. The zero-order chi connectivity index (χ0) is 20.5. The van der Waals surface area contributed by atoms with Crippen molar-refractivity contribution in [3.8, 4) is 11.5 Å². The van der Waals surface area contributed by atoms with Crippen LogP contribution in [0.2, 0.25) is 0 Å². The molecule has 0 radical (unpaired) electrons. The Hall–Kier alpha value is -2.28. The Labute approximate surface area is 167 Å². The molecule has 1 saturated heterocycles. The molecule has 0 bridgehead atoms. The number of amides is 1. The summed E-state index contributed by atoms with van der Waals surface area (Å²) in [5.74, 6) is 1.08. The number of piperidine rings is 1. The maximum atomic E-state index is 12.6. The fourth-order valence-electron chi connectivity index (χ4n) is 3.42. The molecule has 2 rings (SSSR count). The monoisotopic (exact) mass is 392 g/mol. The van der Waals surface area contributed by atoms with E-state index in [-0.39, 0.29) is 17.8 Å². The van der Waals surface area contributed by atoms with Gasteiger partial charge in [0.15, 0.2) is 11.5 Å². The van der Waals surface area contributed by atoms with E-state index in [0.29, 0.717) is 37.7 Å². The maximum absolute atomic E-state index is 12.6. The van der Waals surface area contributed by atoms with Crippen LogP contribution in [0.3, 0.4) is 0 Å². The first kappa shape index (κ1) is 22.0. The zero-order valence-electron chi connectivity index (χ0n) is 17.4. The van der Waals surface area contributed by atoms with E-state index in [1.807, 2.05) is 30.1 Å². The van der Waals surface area contributed by atoms with Gasteiger partial charge in [-0.1, -0.05) is 6.07 Å². The van der Waals surface area contributed by atoms with Gasteiger partial charge in [0.2, 0.25) is 5.91 Å². The molecular formula is C21H32N2O5. The van der Waals surface area contributed by atoms with Crippen LogP contribution in [-0.4, -0.2) is 75.7 Å². The molecule has 0 N–H and O–H groups in total. The van der Waals surface area contributed by atoms with Crippen LogP contribution in [0.15, 0.2) is 18.2 Å². The van der Waals surface area contributed by atoms with E-state index in [1.165, 1.54) is 0 Å². The highest BCUT2D eigenvalue weighted by Crippen LogP contribution is 2.27. The summed E-state index contributed by atoms with van der Waals surface area (Å²) in [5, 5.41) is 0. The molecule has 1 heterocycles. The first-order valence-electron chi connectivity index (χ1n) is 9.82. The molecule has 1 aromatic carbocycles. The lowest BCUT2D eigenvalue weighted by Crippen LogP contribution is -2.46. The SMILES string of the molecule is CCOC(=O)C1CCCN(C(=O)CN(C)CCc2ccc(OC)c(OC)c2)C1. The van der Waals surface area contributed by atoms with Crippen LogP contribution in [0.1, 0.15) is 25.3 Å². The first-order valence-corrected chi connectivity index (χ1v) is 9.82. The third-order valence-corrected chi connectivity index (χ3v) is 5.03. The van der Waals surface area contributed by atoms with Gasteiger partial charge in [0, 0.05) is 19.6 Å². The molecule has 156 valence electrons. The molecule has 0 aliphatic carbocycles. The van der Waals surface area contributed by atoms with Gasteiger partial charge in [0.25, 0.3) is 0 Å².